The average Bonchev–Trinajstić information content (AvgIpc) is 3.29. The molecule has 9 heteroatoms. The molecule has 1 saturated heterocycles. The van der Waals surface area contributed by atoms with Gasteiger partial charge in [0.2, 0.25) is 0 Å². The molecule has 0 spiro atoms. The second kappa shape index (κ2) is 12.4. The molecule has 0 aliphatic carbocycles. The van der Waals surface area contributed by atoms with Gasteiger partial charge in [0, 0.05) is 22.2 Å². The molecule has 1 heterocycles. The van der Waals surface area contributed by atoms with Crippen LogP contribution in [0.4, 0.5) is 0 Å². The number of nitrogens with one attached hydrogen (secondary N) is 1. The van der Waals surface area contributed by atoms with Crippen LogP contribution in [0.25, 0.3) is 0 Å². The molecule has 3 aromatic rings. The topological polar surface area (TPSA) is 85.7 Å². The van der Waals surface area contributed by atoms with Crippen molar-refractivity contribution in [3.8, 4) is 0 Å². The second-order valence-electron chi connectivity index (χ2n) is 8.09. The maximum atomic E-state index is 12.7. The van der Waals surface area contributed by atoms with Crippen LogP contribution in [-0.2, 0) is 20.0 Å². The Morgan fingerprint density at radius 1 is 0.889 bits per heavy atom. The van der Waals surface area contributed by atoms with E-state index in [0.717, 1.165) is 5.56 Å². The maximum absolute atomic E-state index is 12.7. The Hall–Kier alpha value is -2.84. The zero-order valence-corrected chi connectivity index (χ0v) is 21.4. The molecule has 0 radical (unpaired) electrons. The van der Waals surface area contributed by atoms with Gasteiger partial charge in [-0.3, -0.25) is 5.41 Å². The van der Waals surface area contributed by atoms with E-state index in [2.05, 4.69) is 0 Å². The summed E-state index contributed by atoms with van der Waals surface area (Å²) in [6.07, 6.45) is -1.72. The van der Waals surface area contributed by atoms with Crippen LogP contribution in [0.15, 0.2) is 78.9 Å². The summed E-state index contributed by atoms with van der Waals surface area (Å²) in [6.45, 7) is -0.132. The van der Waals surface area contributed by atoms with Gasteiger partial charge in [-0.1, -0.05) is 53.5 Å². The van der Waals surface area contributed by atoms with Gasteiger partial charge in [-0.05, 0) is 54.1 Å². The minimum Gasteiger partial charge on any atom is -0.459 e. The Balaban J connectivity index is 1.41. The number of rotatable bonds is 8. The number of hydrogen-bond donors (Lipinski definition) is 1. The normalized spacial score (nSPS) is 19.0. The highest BCUT2D eigenvalue weighted by Gasteiger charge is 2.41. The molecule has 1 aliphatic heterocycles. The fourth-order valence-electron chi connectivity index (χ4n) is 3.60. The summed E-state index contributed by atoms with van der Waals surface area (Å²) in [5.41, 5.74) is 1.77. The molecule has 3 atom stereocenters. The van der Waals surface area contributed by atoms with E-state index in [1.165, 1.54) is 11.8 Å². The van der Waals surface area contributed by atoms with Gasteiger partial charge in [0.05, 0.1) is 16.2 Å². The molecule has 0 amide bonds. The van der Waals surface area contributed by atoms with Gasteiger partial charge in [-0.15, -0.1) is 11.8 Å². The van der Waals surface area contributed by atoms with E-state index in [1.807, 2.05) is 30.3 Å². The second-order valence-corrected chi connectivity index (χ2v) is 9.98. The van der Waals surface area contributed by atoms with Crippen LogP contribution in [0.5, 0.6) is 0 Å². The first-order valence-corrected chi connectivity index (χ1v) is 12.9. The Morgan fingerprint density at radius 3 is 2.08 bits per heavy atom. The lowest BCUT2D eigenvalue weighted by Gasteiger charge is -2.19. The van der Waals surface area contributed by atoms with Crippen LogP contribution in [0.3, 0.4) is 0 Å². The summed E-state index contributed by atoms with van der Waals surface area (Å²) in [6, 6.07) is 22.5. The number of carbonyl (C=O) groups excluding carboxylic acids is 2. The molecule has 186 valence electrons. The van der Waals surface area contributed by atoms with Crippen molar-refractivity contribution in [1.82, 2.24) is 0 Å². The molecule has 6 nitrogen and oxygen atoms in total. The number of hydrogen-bond acceptors (Lipinski definition) is 7. The summed E-state index contributed by atoms with van der Waals surface area (Å²) in [7, 11) is 0. The van der Waals surface area contributed by atoms with E-state index in [1.54, 1.807) is 48.5 Å². The van der Waals surface area contributed by atoms with E-state index in [9.17, 15) is 9.59 Å². The molecule has 0 saturated carbocycles. The molecule has 3 aromatic carbocycles. The van der Waals surface area contributed by atoms with Crippen molar-refractivity contribution in [2.75, 3.05) is 6.61 Å². The van der Waals surface area contributed by atoms with Gasteiger partial charge >= 0.3 is 11.9 Å². The van der Waals surface area contributed by atoms with Crippen molar-refractivity contribution >= 4 is 51.9 Å². The van der Waals surface area contributed by atoms with E-state index >= 15 is 0 Å². The summed E-state index contributed by atoms with van der Waals surface area (Å²) in [5, 5.41) is 9.85. The van der Waals surface area contributed by atoms with Crippen LogP contribution in [-0.4, -0.2) is 41.9 Å². The van der Waals surface area contributed by atoms with Crippen molar-refractivity contribution in [2.24, 2.45) is 0 Å². The zero-order chi connectivity index (χ0) is 25.5. The number of halogens is 2. The molecular weight excluding hydrogens is 521 g/mol. The molecule has 4 rings (SSSR count). The van der Waals surface area contributed by atoms with Gasteiger partial charge in [0.15, 0.2) is 0 Å². The molecule has 0 bridgehead atoms. The summed E-state index contributed by atoms with van der Waals surface area (Å²) in [5.74, 6) is -0.473. The highest BCUT2D eigenvalue weighted by atomic mass is 35.5. The molecule has 36 heavy (non-hydrogen) atoms. The standard InChI is InChI=1S/C27H23Cl2NO5S/c28-20-10-6-18(7-11-20)26(31)33-15-24-22(35-27(32)19-8-12-21(29)13-9-19)14-23(34-24)25(30)36-16-17-4-2-1-3-5-17/h1-13,22-24,30H,14-16H2/t22-,23-,24-/m1/s1. The third kappa shape index (κ3) is 7.11. The highest BCUT2D eigenvalue weighted by molar-refractivity contribution is 8.13. The predicted molar refractivity (Wildman–Crippen MR) is 141 cm³/mol. The number of ether oxygens (including phenoxy) is 3. The first-order chi connectivity index (χ1) is 17.4. The quantitative estimate of drug-likeness (QED) is 0.200. The zero-order valence-electron chi connectivity index (χ0n) is 19.1. The van der Waals surface area contributed by atoms with Gasteiger partial charge in [-0.25, -0.2) is 9.59 Å². The fraction of sp³-hybridized carbons (Fsp3) is 0.222. The first-order valence-electron chi connectivity index (χ1n) is 11.2. The smallest absolute Gasteiger partial charge is 0.338 e. The molecule has 0 unspecified atom stereocenters. The lowest BCUT2D eigenvalue weighted by atomic mass is 10.1. The fourth-order valence-corrected chi connectivity index (χ4v) is 4.71. The van der Waals surface area contributed by atoms with E-state index in [0.29, 0.717) is 32.0 Å². The van der Waals surface area contributed by atoms with Crippen LogP contribution in [0, 0.1) is 5.41 Å². The first kappa shape index (κ1) is 26.2. The van der Waals surface area contributed by atoms with E-state index in [4.69, 9.17) is 42.8 Å². The number of esters is 2. The van der Waals surface area contributed by atoms with Crippen molar-refractivity contribution in [2.45, 2.75) is 30.5 Å². The lowest BCUT2D eigenvalue weighted by molar-refractivity contribution is -0.0334. The Kier molecular flexibility index (Phi) is 9.04. The molecule has 0 aromatic heterocycles. The average molecular weight is 544 g/mol. The highest BCUT2D eigenvalue weighted by Crippen LogP contribution is 2.30. The molecule has 1 fully saturated rings. The summed E-state index contributed by atoms with van der Waals surface area (Å²) >= 11 is 13.2. The monoisotopic (exact) mass is 543 g/mol. The van der Waals surface area contributed by atoms with E-state index in [-0.39, 0.29) is 13.0 Å². The Morgan fingerprint density at radius 2 is 1.47 bits per heavy atom. The van der Waals surface area contributed by atoms with Crippen molar-refractivity contribution in [3.63, 3.8) is 0 Å². The summed E-state index contributed by atoms with van der Waals surface area (Å²) in [4.78, 5) is 25.2. The molecule has 1 aliphatic rings. The van der Waals surface area contributed by atoms with Crippen LogP contribution < -0.4 is 0 Å². The Labute approximate surface area is 223 Å². The van der Waals surface area contributed by atoms with Crippen molar-refractivity contribution in [3.05, 3.63) is 106 Å². The maximum Gasteiger partial charge on any atom is 0.338 e. The Bertz CT molecular complexity index is 1210. The van der Waals surface area contributed by atoms with Crippen molar-refractivity contribution < 1.29 is 23.8 Å². The minimum absolute atomic E-state index is 0.132. The minimum atomic E-state index is -0.722. The number of thioether (sulfide) groups is 1. The van der Waals surface area contributed by atoms with Crippen LogP contribution >= 0.6 is 35.0 Å². The largest absolute Gasteiger partial charge is 0.459 e. The van der Waals surface area contributed by atoms with Crippen LogP contribution in [0.1, 0.15) is 32.7 Å². The van der Waals surface area contributed by atoms with Gasteiger partial charge in [0.25, 0.3) is 0 Å². The van der Waals surface area contributed by atoms with Gasteiger partial charge < -0.3 is 14.2 Å². The lowest BCUT2D eigenvalue weighted by Crippen LogP contribution is -2.32. The molecular formula is C27H23Cl2NO5S. The number of carbonyl (C=O) groups is 2. The predicted octanol–water partition coefficient (Wildman–Crippen LogP) is 6.44. The van der Waals surface area contributed by atoms with Crippen molar-refractivity contribution in [1.29, 1.82) is 5.41 Å². The number of benzene rings is 3. The van der Waals surface area contributed by atoms with Gasteiger partial charge in [0.1, 0.15) is 24.9 Å². The third-order valence-electron chi connectivity index (χ3n) is 5.53. The van der Waals surface area contributed by atoms with Crippen LogP contribution in [0.2, 0.25) is 10.0 Å². The molecule has 1 N–H and O–H groups in total. The van der Waals surface area contributed by atoms with Gasteiger partial charge in [-0.2, -0.15) is 0 Å². The van der Waals surface area contributed by atoms with E-state index < -0.39 is 30.3 Å². The third-order valence-corrected chi connectivity index (χ3v) is 7.08. The SMILES string of the molecule is N=C(SCc1ccccc1)[C@H]1C[C@@H](OC(=O)c2ccc(Cl)cc2)[C@@H](COC(=O)c2ccc(Cl)cc2)O1. The summed E-state index contributed by atoms with van der Waals surface area (Å²) < 4.78 is 17.2.